The second-order valence-electron chi connectivity index (χ2n) is 7.45. The molecule has 4 rings (SSSR count). The van der Waals surface area contributed by atoms with Gasteiger partial charge in [0.05, 0.1) is 30.9 Å². The summed E-state index contributed by atoms with van der Waals surface area (Å²) in [6, 6.07) is 4.89. The normalized spacial score (nSPS) is 14.8. The fraction of sp³-hybridized carbons (Fsp3) is 0.364. The number of benzene rings is 1. The first-order chi connectivity index (χ1) is 16.0. The number of hydrogen-bond acceptors (Lipinski definition) is 8. The Kier molecular flexibility index (Phi) is 7.41. The maximum Gasteiger partial charge on any atom is 0.186 e. The van der Waals surface area contributed by atoms with Crippen molar-refractivity contribution < 1.29 is 18.1 Å². The standard InChI is InChI=1S/C22H26FN5O3S2/c1-3-8-33(29)27-18-11-14(10-17(23)20(18)30-2)16-9-15(12-25-21(16)24)19-13-26-22(32-19)28-4-6-31-7-5-28/h9-13,27H,3-8H2,1-2H3,(H2,24,25). The topological polar surface area (TPSA) is 103 Å². The van der Waals surface area contributed by atoms with Crippen molar-refractivity contribution in [3.63, 3.8) is 0 Å². The zero-order valence-electron chi connectivity index (χ0n) is 18.5. The van der Waals surface area contributed by atoms with Crippen molar-refractivity contribution >= 4 is 39.0 Å². The number of nitrogens with two attached hydrogens (primary N) is 1. The number of halogens is 1. The Labute approximate surface area is 198 Å². The lowest BCUT2D eigenvalue weighted by atomic mass is 10.0. The number of anilines is 3. The van der Waals surface area contributed by atoms with Crippen molar-refractivity contribution in [3.05, 3.63) is 36.4 Å². The Morgan fingerprint density at radius 3 is 2.76 bits per heavy atom. The van der Waals surface area contributed by atoms with E-state index in [-0.39, 0.29) is 11.6 Å². The molecule has 1 aliphatic heterocycles. The summed E-state index contributed by atoms with van der Waals surface area (Å²) < 4.78 is 40.5. The number of hydrogen-bond donors (Lipinski definition) is 2. The molecule has 0 amide bonds. The van der Waals surface area contributed by atoms with Gasteiger partial charge in [-0.15, -0.1) is 0 Å². The Morgan fingerprint density at radius 2 is 2.03 bits per heavy atom. The molecule has 0 radical (unpaired) electrons. The lowest BCUT2D eigenvalue weighted by molar-refractivity contribution is 0.122. The van der Waals surface area contributed by atoms with E-state index in [1.54, 1.807) is 23.6 Å². The molecule has 176 valence electrons. The highest BCUT2D eigenvalue weighted by molar-refractivity contribution is 7.86. The highest BCUT2D eigenvalue weighted by Gasteiger charge is 2.19. The van der Waals surface area contributed by atoms with E-state index >= 15 is 0 Å². The molecule has 3 N–H and O–H groups in total. The quantitative estimate of drug-likeness (QED) is 0.492. The Morgan fingerprint density at radius 1 is 1.24 bits per heavy atom. The Hall–Kier alpha value is -2.76. The number of aromatic nitrogens is 2. The van der Waals surface area contributed by atoms with Gasteiger partial charge < -0.3 is 24.8 Å². The summed E-state index contributed by atoms with van der Waals surface area (Å²) in [6.07, 6.45) is 4.22. The third-order valence-corrected chi connectivity index (χ3v) is 7.48. The summed E-state index contributed by atoms with van der Waals surface area (Å²) in [5.41, 5.74) is 8.37. The van der Waals surface area contributed by atoms with Gasteiger partial charge in [0.2, 0.25) is 0 Å². The summed E-state index contributed by atoms with van der Waals surface area (Å²) in [6.45, 7) is 4.91. The number of rotatable bonds is 8. The SMILES string of the molecule is CCCS(=O)Nc1cc(-c2cc(-c3cnc(N4CCOCC4)s3)cnc2N)cc(F)c1OC. The third kappa shape index (κ3) is 5.26. The first-order valence-electron chi connectivity index (χ1n) is 10.6. The molecule has 0 aliphatic carbocycles. The maximum atomic E-state index is 14.8. The number of pyridine rings is 1. The summed E-state index contributed by atoms with van der Waals surface area (Å²) in [5.74, 6) is 0.124. The van der Waals surface area contributed by atoms with Crippen LogP contribution in [0, 0.1) is 5.82 Å². The van der Waals surface area contributed by atoms with Crippen molar-refractivity contribution in [1.82, 2.24) is 9.97 Å². The van der Waals surface area contributed by atoms with E-state index in [0.29, 0.717) is 35.8 Å². The van der Waals surface area contributed by atoms with Gasteiger partial charge in [0.25, 0.3) is 0 Å². The van der Waals surface area contributed by atoms with Crippen LogP contribution in [0.2, 0.25) is 0 Å². The van der Waals surface area contributed by atoms with Crippen LogP contribution in [0.15, 0.2) is 30.6 Å². The lowest BCUT2D eigenvalue weighted by Gasteiger charge is -2.25. The molecule has 0 bridgehead atoms. The van der Waals surface area contributed by atoms with Crippen molar-refractivity contribution in [1.29, 1.82) is 0 Å². The van der Waals surface area contributed by atoms with Crippen LogP contribution >= 0.6 is 11.3 Å². The third-order valence-electron chi connectivity index (χ3n) is 5.15. The van der Waals surface area contributed by atoms with Gasteiger partial charge in [-0.3, -0.25) is 0 Å². The van der Waals surface area contributed by atoms with E-state index in [0.717, 1.165) is 35.1 Å². The van der Waals surface area contributed by atoms with Gasteiger partial charge in [-0.05, 0) is 30.2 Å². The molecular weight excluding hydrogens is 465 g/mol. The van der Waals surface area contributed by atoms with Crippen LogP contribution in [0.5, 0.6) is 5.75 Å². The van der Waals surface area contributed by atoms with Crippen LogP contribution in [0.3, 0.4) is 0 Å². The molecule has 1 aromatic carbocycles. The molecule has 0 saturated carbocycles. The highest BCUT2D eigenvalue weighted by atomic mass is 32.2. The largest absolute Gasteiger partial charge is 0.492 e. The smallest absolute Gasteiger partial charge is 0.186 e. The summed E-state index contributed by atoms with van der Waals surface area (Å²) in [4.78, 5) is 12.0. The molecule has 1 fully saturated rings. The Balaban J connectivity index is 1.68. The fourth-order valence-corrected chi connectivity index (χ4v) is 5.35. The van der Waals surface area contributed by atoms with Crippen LogP contribution in [0.4, 0.5) is 21.0 Å². The second-order valence-corrected chi connectivity index (χ2v) is 9.77. The van der Waals surface area contributed by atoms with E-state index in [1.807, 2.05) is 19.2 Å². The molecule has 1 atom stereocenters. The van der Waals surface area contributed by atoms with Gasteiger partial charge in [0, 0.05) is 42.4 Å². The molecule has 1 aliphatic rings. The maximum absolute atomic E-state index is 14.8. The van der Waals surface area contributed by atoms with Crippen LogP contribution in [0.25, 0.3) is 21.6 Å². The van der Waals surface area contributed by atoms with Crippen molar-refractivity contribution in [2.75, 3.05) is 54.5 Å². The first kappa shape index (κ1) is 23.4. The molecule has 3 heterocycles. The van der Waals surface area contributed by atoms with E-state index in [1.165, 1.54) is 13.2 Å². The molecule has 1 unspecified atom stereocenters. The van der Waals surface area contributed by atoms with Crippen molar-refractivity contribution in [2.45, 2.75) is 13.3 Å². The number of nitrogens with zero attached hydrogens (tertiary/aromatic N) is 3. The predicted molar refractivity (Wildman–Crippen MR) is 132 cm³/mol. The zero-order valence-corrected chi connectivity index (χ0v) is 20.1. The van der Waals surface area contributed by atoms with Gasteiger partial charge in [-0.1, -0.05) is 18.3 Å². The molecule has 1 saturated heterocycles. The van der Waals surface area contributed by atoms with E-state index < -0.39 is 16.8 Å². The Bertz CT molecular complexity index is 1150. The molecule has 2 aromatic heterocycles. The number of ether oxygens (including phenoxy) is 2. The minimum Gasteiger partial charge on any atom is -0.492 e. The average Bonchev–Trinajstić information content (AvgIpc) is 3.30. The predicted octanol–water partition coefficient (Wildman–Crippen LogP) is 3.92. The van der Waals surface area contributed by atoms with Crippen molar-refractivity contribution in [2.24, 2.45) is 0 Å². The monoisotopic (exact) mass is 491 g/mol. The van der Waals surface area contributed by atoms with Crippen LogP contribution in [-0.2, 0) is 15.7 Å². The van der Waals surface area contributed by atoms with Gasteiger partial charge in [-0.25, -0.2) is 18.6 Å². The average molecular weight is 492 g/mol. The molecule has 33 heavy (non-hydrogen) atoms. The van der Waals surface area contributed by atoms with E-state index in [9.17, 15) is 8.60 Å². The number of thiazole rings is 1. The summed E-state index contributed by atoms with van der Waals surface area (Å²) in [5, 5.41) is 0.923. The van der Waals surface area contributed by atoms with Crippen LogP contribution < -0.4 is 20.1 Å². The fourth-order valence-electron chi connectivity index (χ4n) is 3.53. The number of nitrogen functional groups attached to an aromatic ring is 1. The van der Waals surface area contributed by atoms with Crippen LogP contribution in [-0.4, -0.2) is 53.3 Å². The van der Waals surface area contributed by atoms with E-state index in [4.69, 9.17) is 15.2 Å². The number of methoxy groups -OCH3 is 1. The summed E-state index contributed by atoms with van der Waals surface area (Å²) in [7, 11) is 0.0145. The number of morpholine rings is 1. The molecule has 8 nitrogen and oxygen atoms in total. The summed E-state index contributed by atoms with van der Waals surface area (Å²) >= 11 is 1.56. The molecule has 0 spiro atoms. The molecule has 11 heteroatoms. The highest BCUT2D eigenvalue weighted by Crippen LogP contribution is 2.38. The van der Waals surface area contributed by atoms with Crippen molar-refractivity contribution in [3.8, 4) is 27.3 Å². The number of nitrogens with one attached hydrogen (secondary N) is 1. The van der Waals surface area contributed by atoms with E-state index in [2.05, 4.69) is 19.6 Å². The zero-order chi connectivity index (χ0) is 23.4. The molecule has 3 aromatic rings. The minimum atomic E-state index is -1.36. The van der Waals surface area contributed by atoms with Gasteiger partial charge >= 0.3 is 0 Å². The second kappa shape index (κ2) is 10.4. The van der Waals surface area contributed by atoms with Gasteiger partial charge in [0.1, 0.15) is 16.8 Å². The van der Waals surface area contributed by atoms with Gasteiger partial charge in [-0.2, -0.15) is 0 Å². The lowest BCUT2D eigenvalue weighted by Crippen LogP contribution is -2.36. The van der Waals surface area contributed by atoms with Crippen LogP contribution in [0.1, 0.15) is 13.3 Å². The first-order valence-corrected chi connectivity index (χ1v) is 12.7. The minimum absolute atomic E-state index is 0.00324. The van der Waals surface area contributed by atoms with Gasteiger partial charge in [0.15, 0.2) is 16.7 Å². The molecular formula is C22H26FN5O3S2.